The second kappa shape index (κ2) is 5.73. The number of imidazole rings is 1. The van der Waals surface area contributed by atoms with Gasteiger partial charge in [0.25, 0.3) is 0 Å². The van der Waals surface area contributed by atoms with Crippen molar-refractivity contribution in [2.45, 2.75) is 27.7 Å². The van der Waals surface area contributed by atoms with Crippen molar-refractivity contribution >= 4 is 22.4 Å². The lowest BCUT2D eigenvalue weighted by Crippen LogP contribution is -1.96. The summed E-state index contributed by atoms with van der Waals surface area (Å²) in [5, 5.41) is 7.55. The molecule has 0 radical (unpaired) electrons. The molecule has 0 bridgehead atoms. The van der Waals surface area contributed by atoms with Crippen LogP contribution in [0.25, 0.3) is 22.2 Å². The van der Waals surface area contributed by atoms with Crippen molar-refractivity contribution in [3.63, 3.8) is 0 Å². The van der Waals surface area contributed by atoms with Crippen LogP contribution in [0.15, 0.2) is 35.0 Å². The molecular formula is C19H19N5O. The largest absolute Gasteiger partial charge is 0.361 e. The molecule has 1 aromatic carbocycles. The third-order valence-electron chi connectivity index (χ3n) is 4.30. The van der Waals surface area contributed by atoms with Crippen LogP contribution >= 0.6 is 0 Å². The Balaban J connectivity index is 1.92. The molecule has 6 nitrogen and oxygen atoms in total. The average Bonchev–Trinajstić information content (AvgIpc) is 3.11. The van der Waals surface area contributed by atoms with E-state index < -0.39 is 0 Å². The van der Waals surface area contributed by atoms with Gasteiger partial charge in [0, 0.05) is 11.8 Å². The highest BCUT2D eigenvalue weighted by molar-refractivity contribution is 5.95. The molecule has 6 heteroatoms. The molecule has 0 unspecified atom stereocenters. The summed E-state index contributed by atoms with van der Waals surface area (Å²) in [7, 11) is 0. The van der Waals surface area contributed by atoms with Gasteiger partial charge in [0.15, 0.2) is 0 Å². The molecule has 4 aromatic rings. The van der Waals surface area contributed by atoms with E-state index in [0.717, 1.165) is 56.5 Å². The molecule has 2 N–H and O–H groups in total. The number of nitrogens with zero attached hydrogens (tertiary/aromatic N) is 3. The van der Waals surface area contributed by atoms with Crippen LogP contribution in [0.4, 0.5) is 11.4 Å². The minimum atomic E-state index is 0.802. The molecule has 0 amide bonds. The van der Waals surface area contributed by atoms with Gasteiger partial charge in [-0.3, -0.25) is 4.98 Å². The maximum Gasteiger partial charge on any atom is 0.141 e. The first-order valence-electron chi connectivity index (χ1n) is 8.15. The number of pyridine rings is 1. The highest BCUT2D eigenvalue weighted by atomic mass is 16.5. The summed E-state index contributed by atoms with van der Waals surface area (Å²) in [6.07, 6.45) is 1.79. The number of aromatic nitrogens is 4. The fourth-order valence-electron chi connectivity index (χ4n) is 3.14. The van der Waals surface area contributed by atoms with E-state index >= 15 is 0 Å². The van der Waals surface area contributed by atoms with Crippen LogP contribution in [0.3, 0.4) is 0 Å². The number of hydrogen-bond donors (Lipinski definition) is 2. The maximum atomic E-state index is 5.34. The van der Waals surface area contributed by atoms with Crippen molar-refractivity contribution in [1.29, 1.82) is 0 Å². The van der Waals surface area contributed by atoms with Crippen molar-refractivity contribution in [3.05, 3.63) is 53.4 Å². The number of anilines is 2. The molecule has 0 saturated heterocycles. The van der Waals surface area contributed by atoms with Gasteiger partial charge in [-0.2, -0.15) is 0 Å². The lowest BCUT2D eigenvalue weighted by Gasteiger charge is -2.11. The molecule has 3 aromatic heterocycles. The van der Waals surface area contributed by atoms with Gasteiger partial charge in [0.1, 0.15) is 17.1 Å². The molecule has 0 fully saturated rings. The quantitative estimate of drug-likeness (QED) is 0.573. The van der Waals surface area contributed by atoms with E-state index in [4.69, 9.17) is 4.52 Å². The van der Waals surface area contributed by atoms with Gasteiger partial charge in [0.2, 0.25) is 0 Å². The Kier molecular flexibility index (Phi) is 3.53. The van der Waals surface area contributed by atoms with E-state index in [1.165, 1.54) is 0 Å². The molecule has 25 heavy (non-hydrogen) atoms. The highest BCUT2D eigenvalue weighted by Crippen LogP contribution is 2.34. The van der Waals surface area contributed by atoms with E-state index in [-0.39, 0.29) is 0 Å². The molecule has 0 aliphatic carbocycles. The fraction of sp³-hybridized carbons (Fsp3) is 0.211. The van der Waals surface area contributed by atoms with Crippen LogP contribution in [-0.2, 0) is 0 Å². The Labute approximate surface area is 145 Å². The maximum absolute atomic E-state index is 5.34. The molecule has 0 aliphatic heterocycles. The van der Waals surface area contributed by atoms with Crippen LogP contribution < -0.4 is 5.32 Å². The first kappa shape index (κ1) is 15.4. The molecule has 0 spiro atoms. The zero-order valence-corrected chi connectivity index (χ0v) is 14.6. The van der Waals surface area contributed by atoms with E-state index in [1.54, 1.807) is 6.20 Å². The molecule has 126 valence electrons. The normalized spacial score (nSPS) is 11.2. The minimum absolute atomic E-state index is 0.802. The average molecular weight is 333 g/mol. The Morgan fingerprint density at radius 2 is 1.88 bits per heavy atom. The SMILES string of the molecule is Cc1nc2c(Nc3cccnc3C)cc(-c3c(C)noc3C)cc2[nH]1. The van der Waals surface area contributed by atoms with Crippen molar-refractivity contribution in [1.82, 2.24) is 20.1 Å². The number of rotatable bonds is 3. The summed E-state index contributed by atoms with van der Waals surface area (Å²) in [5.74, 6) is 1.67. The lowest BCUT2D eigenvalue weighted by molar-refractivity contribution is 0.393. The molecule has 4 rings (SSSR count). The number of fused-ring (bicyclic) bond motifs is 1. The van der Waals surface area contributed by atoms with Gasteiger partial charge in [-0.15, -0.1) is 0 Å². The van der Waals surface area contributed by atoms with Crippen LogP contribution in [0, 0.1) is 27.7 Å². The summed E-state index contributed by atoms with van der Waals surface area (Å²) >= 11 is 0. The standard InChI is InChI=1S/C19H19N5O/c1-10-15(6-5-7-20-10)23-17-9-14(18-11(2)24-25-12(18)3)8-16-19(17)22-13(4)21-16/h5-9,23H,1-4H3,(H,21,22). The summed E-state index contributed by atoms with van der Waals surface area (Å²) < 4.78 is 5.34. The summed E-state index contributed by atoms with van der Waals surface area (Å²) in [6, 6.07) is 8.10. The van der Waals surface area contributed by atoms with Gasteiger partial charge in [0.05, 0.1) is 28.3 Å². The third kappa shape index (κ3) is 2.65. The van der Waals surface area contributed by atoms with E-state index in [2.05, 4.69) is 37.6 Å². The Bertz CT molecular complexity index is 1060. The van der Waals surface area contributed by atoms with Crippen LogP contribution in [0.1, 0.15) is 23.0 Å². The molecule has 0 atom stereocenters. The smallest absolute Gasteiger partial charge is 0.141 e. The summed E-state index contributed by atoms with van der Waals surface area (Å²) in [6.45, 7) is 7.81. The Morgan fingerprint density at radius 1 is 1.04 bits per heavy atom. The van der Waals surface area contributed by atoms with Crippen LogP contribution in [0.2, 0.25) is 0 Å². The molecule has 0 aliphatic rings. The molecule has 3 heterocycles. The van der Waals surface area contributed by atoms with Crippen LogP contribution in [-0.4, -0.2) is 20.1 Å². The monoisotopic (exact) mass is 333 g/mol. The topological polar surface area (TPSA) is 79.6 Å². The number of H-pyrrole nitrogens is 1. The minimum Gasteiger partial charge on any atom is -0.361 e. The van der Waals surface area contributed by atoms with Gasteiger partial charge >= 0.3 is 0 Å². The number of aromatic amines is 1. The van der Waals surface area contributed by atoms with E-state index in [0.29, 0.717) is 0 Å². The second-order valence-corrected chi connectivity index (χ2v) is 6.20. The fourth-order valence-corrected chi connectivity index (χ4v) is 3.14. The van der Waals surface area contributed by atoms with Crippen molar-refractivity contribution in [2.75, 3.05) is 5.32 Å². The van der Waals surface area contributed by atoms with Gasteiger partial charge in [-0.25, -0.2) is 4.98 Å². The van der Waals surface area contributed by atoms with Crippen molar-refractivity contribution < 1.29 is 4.52 Å². The Hall–Kier alpha value is -3.15. The zero-order valence-electron chi connectivity index (χ0n) is 14.6. The predicted octanol–water partition coefficient (Wildman–Crippen LogP) is 4.59. The van der Waals surface area contributed by atoms with Gasteiger partial charge < -0.3 is 14.8 Å². The number of hydrogen-bond acceptors (Lipinski definition) is 5. The van der Waals surface area contributed by atoms with Gasteiger partial charge in [-0.1, -0.05) is 5.16 Å². The first-order valence-corrected chi connectivity index (χ1v) is 8.15. The predicted molar refractivity (Wildman–Crippen MR) is 98.1 cm³/mol. The Morgan fingerprint density at radius 3 is 2.60 bits per heavy atom. The molecule has 0 saturated carbocycles. The van der Waals surface area contributed by atoms with E-state index in [1.807, 2.05) is 39.8 Å². The number of nitrogens with one attached hydrogen (secondary N) is 2. The van der Waals surface area contributed by atoms with E-state index in [9.17, 15) is 0 Å². The first-order chi connectivity index (χ1) is 12.0. The number of aryl methyl sites for hydroxylation is 4. The highest BCUT2D eigenvalue weighted by Gasteiger charge is 2.16. The third-order valence-corrected chi connectivity index (χ3v) is 4.30. The van der Waals surface area contributed by atoms with Crippen molar-refractivity contribution in [2.24, 2.45) is 0 Å². The van der Waals surface area contributed by atoms with Crippen LogP contribution in [0.5, 0.6) is 0 Å². The summed E-state index contributed by atoms with van der Waals surface area (Å²) in [5.41, 5.74) is 7.61. The second-order valence-electron chi connectivity index (χ2n) is 6.20. The van der Waals surface area contributed by atoms with Crippen molar-refractivity contribution in [3.8, 4) is 11.1 Å². The molecular weight excluding hydrogens is 314 g/mol. The zero-order chi connectivity index (χ0) is 17.6. The lowest BCUT2D eigenvalue weighted by atomic mass is 10.0. The van der Waals surface area contributed by atoms with Gasteiger partial charge in [-0.05, 0) is 57.5 Å². The summed E-state index contributed by atoms with van der Waals surface area (Å²) in [4.78, 5) is 12.3. The number of benzene rings is 1.